The summed E-state index contributed by atoms with van der Waals surface area (Å²) in [4.78, 5) is 1.19. The quantitative estimate of drug-likeness (QED) is 0.905. The van der Waals surface area contributed by atoms with E-state index < -0.39 is 0 Å². The maximum absolute atomic E-state index is 13.4. The minimum absolute atomic E-state index is 0.163. The van der Waals surface area contributed by atoms with Crippen molar-refractivity contribution in [3.8, 4) is 0 Å². The fourth-order valence-electron chi connectivity index (χ4n) is 2.09. The topological polar surface area (TPSA) is 21.3 Å². The van der Waals surface area contributed by atoms with Gasteiger partial charge < -0.3 is 10.1 Å². The molecule has 2 rings (SSSR count). The Morgan fingerprint density at radius 1 is 1.39 bits per heavy atom. The third-order valence-electron chi connectivity index (χ3n) is 3.33. The molecule has 0 radical (unpaired) electrons. The van der Waals surface area contributed by atoms with Crippen molar-refractivity contribution in [3.05, 3.63) is 29.6 Å². The number of thioether (sulfide) groups is 1. The van der Waals surface area contributed by atoms with Gasteiger partial charge in [-0.05, 0) is 50.6 Å². The SMILES string of the molecule is CNC(C)c1cc(F)ccc1SC1CCOCC1. The second-order valence-corrected chi connectivity index (χ2v) is 5.96. The fraction of sp³-hybridized carbons (Fsp3) is 0.571. The van der Waals surface area contributed by atoms with Crippen LogP contribution in [0.2, 0.25) is 0 Å². The zero-order valence-electron chi connectivity index (χ0n) is 10.9. The highest BCUT2D eigenvalue weighted by Gasteiger charge is 2.18. The van der Waals surface area contributed by atoms with E-state index in [0.29, 0.717) is 5.25 Å². The van der Waals surface area contributed by atoms with E-state index in [4.69, 9.17) is 4.74 Å². The monoisotopic (exact) mass is 269 g/mol. The van der Waals surface area contributed by atoms with Gasteiger partial charge in [-0.2, -0.15) is 0 Å². The molecule has 1 heterocycles. The van der Waals surface area contributed by atoms with Gasteiger partial charge in [-0.1, -0.05) is 0 Å². The van der Waals surface area contributed by atoms with E-state index >= 15 is 0 Å². The van der Waals surface area contributed by atoms with Gasteiger partial charge >= 0.3 is 0 Å². The molecule has 1 unspecified atom stereocenters. The van der Waals surface area contributed by atoms with Crippen molar-refractivity contribution in [2.24, 2.45) is 0 Å². The highest BCUT2D eigenvalue weighted by Crippen LogP contribution is 2.34. The maximum Gasteiger partial charge on any atom is 0.123 e. The smallest absolute Gasteiger partial charge is 0.123 e. The Hall–Kier alpha value is -0.580. The van der Waals surface area contributed by atoms with Crippen molar-refractivity contribution in [1.29, 1.82) is 0 Å². The summed E-state index contributed by atoms with van der Waals surface area (Å²) in [5, 5.41) is 3.77. The summed E-state index contributed by atoms with van der Waals surface area (Å²) < 4.78 is 18.7. The van der Waals surface area contributed by atoms with Crippen LogP contribution in [0, 0.1) is 5.82 Å². The fourth-order valence-corrected chi connectivity index (χ4v) is 3.40. The Morgan fingerprint density at radius 3 is 2.78 bits per heavy atom. The van der Waals surface area contributed by atoms with Crippen molar-refractivity contribution in [3.63, 3.8) is 0 Å². The Kier molecular flexibility index (Phi) is 5.03. The molecule has 100 valence electrons. The van der Waals surface area contributed by atoms with Crippen LogP contribution in [0.3, 0.4) is 0 Å². The predicted octanol–water partition coefficient (Wildman–Crippen LogP) is 3.38. The van der Waals surface area contributed by atoms with Gasteiger partial charge in [0, 0.05) is 29.4 Å². The molecule has 1 atom stereocenters. The van der Waals surface area contributed by atoms with E-state index in [1.807, 2.05) is 24.9 Å². The highest BCUT2D eigenvalue weighted by atomic mass is 32.2. The molecule has 1 saturated heterocycles. The number of hydrogen-bond donors (Lipinski definition) is 1. The Balaban J connectivity index is 2.15. The van der Waals surface area contributed by atoms with Crippen molar-refractivity contribution in [2.45, 2.75) is 36.0 Å². The van der Waals surface area contributed by atoms with Gasteiger partial charge in [0.1, 0.15) is 5.82 Å². The van der Waals surface area contributed by atoms with Gasteiger partial charge in [-0.3, -0.25) is 0 Å². The summed E-state index contributed by atoms with van der Waals surface area (Å²) in [6.45, 7) is 3.74. The zero-order chi connectivity index (χ0) is 13.0. The lowest BCUT2D eigenvalue weighted by atomic mass is 10.1. The zero-order valence-corrected chi connectivity index (χ0v) is 11.7. The molecule has 1 aliphatic heterocycles. The van der Waals surface area contributed by atoms with Crippen LogP contribution in [0.1, 0.15) is 31.4 Å². The number of nitrogens with one attached hydrogen (secondary N) is 1. The van der Waals surface area contributed by atoms with Crippen LogP contribution in [-0.4, -0.2) is 25.5 Å². The number of halogens is 1. The summed E-state index contributed by atoms with van der Waals surface area (Å²) in [5.41, 5.74) is 1.05. The molecule has 0 amide bonds. The van der Waals surface area contributed by atoms with E-state index in [9.17, 15) is 4.39 Å². The molecule has 1 aliphatic rings. The summed E-state index contributed by atoms with van der Waals surface area (Å²) in [5.74, 6) is -0.163. The van der Waals surface area contributed by atoms with Crippen LogP contribution in [0.15, 0.2) is 23.1 Å². The average molecular weight is 269 g/mol. The van der Waals surface area contributed by atoms with Crippen LogP contribution in [0.5, 0.6) is 0 Å². The van der Waals surface area contributed by atoms with Gasteiger partial charge in [0.25, 0.3) is 0 Å². The lowest BCUT2D eigenvalue weighted by Gasteiger charge is -2.24. The second-order valence-electron chi connectivity index (χ2n) is 4.62. The highest BCUT2D eigenvalue weighted by molar-refractivity contribution is 8.00. The average Bonchev–Trinajstić information content (AvgIpc) is 2.41. The van der Waals surface area contributed by atoms with E-state index in [2.05, 4.69) is 12.2 Å². The molecule has 2 nitrogen and oxygen atoms in total. The van der Waals surface area contributed by atoms with E-state index in [0.717, 1.165) is 31.6 Å². The van der Waals surface area contributed by atoms with Crippen molar-refractivity contribution in [1.82, 2.24) is 5.32 Å². The Bertz CT molecular complexity index is 393. The van der Waals surface area contributed by atoms with Crippen molar-refractivity contribution >= 4 is 11.8 Å². The first-order chi connectivity index (χ1) is 8.70. The van der Waals surface area contributed by atoms with Gasteiger partial charge in [-0.15, -0.1) is 11.8 Å². The lowest BCUT2D eigenvalue weighted by molar-refractivity contribution is 0.1000. The Labute approximate surface area is 112 Å². The van der Waals surface area contributed by atoms with E-state index in [-0.39, 0.29) is 11.9 Å². The normalized spacial score (nSPS) is 18.8. The Morgan fingerprint density at radius 2 is 2.11 bits per heavy atom. The number of benzene rings is 1. The van der Waals surface area contributed by atoms with Crippen molar-refractivity contribution in [2.75, 3.05) is 20.3 Å². The van der Waals surface area contributed by atoms with Gasteiger partial charge in [-0.25, -0.2) is 4.39 Å². The number of ether oxygens (including phenoxy) is 1. The minimum atomic E-state index is -0.163. The molecular formula is C14H20FNOS. The first-order valence-corrected chi connectivity index (χ1v) is 7.30. The molecule has 1 fully saturated rings. The summed E-state index contributed by atoms with van der Waals surface area (Å²) in [6.07, 6.45) is 2.16. The maximum atomic E-state index is 13.4. The van der Waals surface area contributed by atoms with Gasteiger partial charge in [0.2, 0.25) is 0 Å². The molecule has 1 N–H and O–H groups in total. The van der Waals surface area contributed by atoms with Crippen molar-refractivity contribution < 1.29 is 9.13 Å². The standard InChI is InChI=1S/C14H20FNOS/c1-10(16-2)13-9-11(15)3-4-14(13)18-12-5-7-17-8-6-12/h3-4,9-10,12,16H,5-8H2,1-2H3. The molecular weight excluding hydrogens is 249 g/mol. The van der Waals surface area contributed by atoms with Crippen LogP contribution in [-0.2, 0) is 4.74 Å². The third kappa shape index (κ3) is 3.46. The van der Waals surface area contributed by atoms with E-state index in [1.165, 1.54) is 4.90 Å². The summed E-state index contributed by atoms with van der Waals surface area (Å²) >= 11 is 1.86. The van der Waals surface area contributed by atoms with Gasteiger partial charge in [0.05, 0.1) is 0 Å². The molecule has 4 heteroatoms. The molecule has 0 saturated carbocycles. The molecule has 18 heavy (non-hydrogen) atoms. The summed E-state index contributed by atoms with van der Waals surface area (Å²) in [6, 6.07) is 5.26. The van der Waals surface area contributed by atoms with Crippen LogP contribution >= 0.6 is 11.8 Å². The molecule has 0 bridgehead atoms. The van der Waals surface area contributed by atoms with Crippen LogP contribution in [0.4, 0.5) is 4.39 Å². The lowest BCUT2D eigenvalue weighted by Crippen LogP contribution is -2.18. The minimum Gasteiger partial charge on any atom is -0.381 e. The van der Waals surface area contributed by atoms with Crippen LogP contribution in [0.25, 0.3) is 0 Å². The molecule has 0 spiro atoms. The molecule has 0 aliphatic carbocycles. The number of hydrogen-bond acceptors (Lipinski definition) is 3. The third-order valence-corrected chi connectivity index (χ3v) is 4.76. The van der Waals surface area contributed by atoms with Crippen LogP contribution < -0.4 is 5.32 Å². The first kappa shape index (κ1) is 13.8. The van der Waals surface area contributed by atoms with E-state index in [1.54, 1.807) is 12.1 Å². The summed E-state index contributed by atoms with van der Waals surface area (Å²) in [7, 11) is 1.90. The van der Waals surface area contributed by atoms with Gasteiger partial charge in [0.15, 0.2) is 0 Å². The second kappa shape index (κ2) is 6.55. The molecule has 0 aromatic heterocycles. The predicted molar refractivity (Wildman–Crippen MR) is 73.6 cm³/mol. The number of rotatable bonds is 4. The first-order valence-electron chi connectivity index (χ1n) is 6.42. The molecule has 1 aromatic rings. The largest absolute Gasteiger partial charge is 0.381 e. The molecule has 1 aromatic carbocycles.